The van der Waals surface area contributed by atoms with Gasteiger partial charge in [0.05, 0.1) is 11.8 Å². The summed E-state index contributed by atoms with van der Waals surface area (Å²) in [6, 6.07) is 15.2. The first-order valence-corrected chi connectivity index (χ1v) is 9.44. The van der Waals surface area contributed by atoms with Crippen molar-refractivity contribution < 1.29 is 19.1 Å². The summed E-state index contributed by atoms with van der Waals surface area (Å²) in [4.78, 5) is 24.9. The highest BCUT2D eigenvalue weighted by Crippen LogP contribution is 2.57. The van der Waals surface area contributed by atoms with Gasteiger partial charge in [0, 0.05) is 11.6 Å². The topological polar surface area (TPSA) is 64.6 Å². The lowest BCUT2D eigenvalue weighted by Gasteiger charge is -2.23. The summed E-state index contributed by atoms with van der Waals surface area (Å²) in [6.07, 6.45) is 1.81. The number of esters is 1. The van der Waals surface area contributed by atoms with E-state index >= 15 is 0 Å². The molecule has 27 heavy (non-hydrogen) atoms. The van der Waals surface area contributed by atoms with E-state index in [4.69, 9.17) is 9.47 Å². The van der Waals surface area contributed by atoms with Crippen LogP contribution >= 0.6 is 0 Å². The lowest BCUT2D eigenvalue weighted by atomic mass is 9.79. The fraction of sp³-hybridized carbons (Fsp3) is 0.364. The van der Waals surface area contributed by atoms with E-state index in [2.05, 4.69) is 5.32 Å². The molecule has 1 heterocycles. The van der Waals surface area contributed by atoms with E-state index in [0.29, 0.717) is 11.4 Å². The van der Waals surface area contributed by atoms with Crippen LogP contribution in [0.3, 0.4) is 0 Å². The molecular weight excluding hydrogens is 342 g/mol. The molecule has 5 heteroatoms. The molecule has 3 fully saturated rings. The quantitative estimate of drug-likeness (QED) is 0.836. The van der Waals surface area contributed by atoms with Gasteiger partial charge in [-0.25, -0.2) is 0 Å². The highest BCUT2D eigenvalue weighted by molar-refractivity contribution is 5.97. The van der Waals surface area contributed by atoms with Crippen molar-refractivity contribution in [3.8, 4) is 11.5 Å². The van der Waals surface area contributed by atoms with Crippen molar-refractivity contribution in [1.29, 1.82) is 0 Å². The molecule has 2 aliphatic carbocycles. The van der Waals surface area contributed by atoms with Crippen molar-refractivity contribution in [2.24, 2.45) is 23.7 Å². The maximum atomic E-state index is 12.8. The Bertz CT molecular complexity index is 888. The van der Waals surface area contributed by atoms with E-state index in [1.807, 2.05) is 55.5 Å². The SMILES string of the molecule is Cc1ccc(Oc2ccc(NC(=O)[C@H]3[C@@H]4C[C@H]5[C@H]3C(=O)O[C@H]5C4)cc2)cc1. The number of carbonyl (C=O) groups is 2. The number of benzene rings is 2. The molecule has 3 aliphatic rings. The number of aryl methyl sites for hydroxylation is 1. The van der Waals surface area contributed by atoms with E-state index in [1.54, 1.807) is 0 Å². The van der Waals surface area contributed by atoms with Gasteiger partial charge >= 0.3 is 5.97 Å². The first-order valence-electron chi connectivity index (χ1n) is 9.44. The van der Waals surface area contributed by atoms with E-state index in [9.17, 15) is 9.59 Å². The summed E-state index contributed by atoms with van der Waals surface area (Å²) in [5.74, 6) is 1.21. The summed E-state index contributed by atoms with van der Waals surface area (Å²) in [7, 11) is 0. The minimum Gasteiger partial charge on any atom is -0.462 e. The maximum Gasteiger partial charge on any atom is 0.310 e. The van der Waals surface area contributed by atoms with Crippen molar-refractivity contribution in [2.45, 2.75) is 25.9 Å². The molecule has 5 rings (SSSR count). The summed E-state index contributed by atoms with van der Waals surface area (Å²) >= 11 is 0. The Morgan fingerprint density at radius 1 is 1.04 bits per heavy atom. The van der Waals surface area contributed by atoms with Crippen LogP contribution in [0.15, 0.2) is 48.5 Å². The standard InChI is InChI=1S/C22H21NO4/c1-12-2-6-15(7-3-12)26-16-8-4-14(5-9-16)23-21(24)19-13-10-17-18(11-13)27-22(25)20(17)19/h2-9,13,17-20H,10-11H2,1H3,(H,23,24)/t13-,17-,18+,19+,20-/m1/s1. The van der Waals surface area contributed by atoms with Crippen LogP contribution < -0.4 is 10.1 Å². The molecule has 1 N–H and O–H groups in total. The molecule has 0 aromatic heterocycles. The Labute approximate surface area is 157 Å². The van der Waals surface area contributed by atoms with E-state index < -0.39 is 0 Å². The lowest BCUT2D eigenvalue weighted by molar-refractivity contribution is -0.145. The van der Waals surface area contributed by atoms with Crippen LogP contribution in [0.2, 0.25) is 0 Å². The van der Waals surface area contributed by atoms with Gasteiger partial charge in [0.15, 0.2) is 0 Å². The zero-order valence-corrected chi connectivity index (χ0v) is 15.1. The van der Waals surface area contributed by atoms with Gasteiger partial charge in [0.1, 0.15) is 17.6 Å². The Morgan fingerprint density at radius 2 is 1.70 bits per heavy atom. The number of rotatable bonds is 4. The second-order valence-electron chi connectivity index (χ2n) is 7.85. The fourth-order valence-corrected chi connectivity index (χ4v) is 4.94. The molecule has 2 saturated carbocycles. The Hall–Kier alpha value is -2.82. The van der Waals surface area contributed by atoms with Crippen LogP contribution in [-0.4, -0.2) is 18.0 Å². The monoisotopic (exact) mass is 363 g/mol. The molecule has 138 valence electrons. The molecule has 1 aliphatic heterocycles. The van der Waals surface area contributed by atoms with Gasteiger partial charge < -0.3 is 14.8 Å². The zero-order valence-electron chi connectivity index (χ0n) is 15.1. The number of ether oxygens (including phenoxy) is 2. The lowest BCUT2D eigenvalue weighted by Crippen LogP contribution is -2.35. The number of anilines is 1. The van der Waals surface area contributed by atoms with Crippen LogP contribution in [0, 0.1) is 30.6 Å². The van der Waals surface area contributed by atoms with Gasteiger partial charge in [0.25, 0.3) is 0 Å². The third-order valence-electron chi connectivity index (χ3n) is 6.16. The molecule has 1 saturated heterocycles. The van der Waals surface area contributed by atoms with Crippen LogP contribution in [0.25, 0.3) is 0 Å². The number of carbonyl (C=O) groups excluding carboxylic acids is 2. The van der Waals surface area contributed by atoms with Gasteiger partial charge in [0.2, 0.25) is 5.91 Å². The van der Waals surface area contributed by atoms with Crippen molar-refractivity contribution in [2.75, 3.05) is 5.32 Å². The van der Waals surface area contributed by atoms with Crippen molar-refractivity contribution >= 4 is 17.6 Å². The highest BCUT2D eigenvalue weighted by atomic mass is 16.6. The third kappa shape index (κ3) is 2.78. The predicted molar refractivity (Wildman–Crippen MR) is 99.4 cm³/mol. The maximum absolute atomic E-state index is 12.8. The van der Waals surface area contributed by atoms with Crippen molar-refractivity contribution in [1.82, 2.24) is 0 Å². The fourth-order valence-electron chi connectivity index (χ4n) is 4.94. The average Bonchev–Trinajstić information content (AvgIpc) is 3.27. The van der Waals surface area contributed by atoms with Crippen molar-refractivity contribution in [3.63, 3.8) is 0 Å². The first kappa shape index (κ1) is 16.4. The van der Waals surface area contributed by atoms with E-state index in [0.717, 1.165) is 18.6 Å². The molecule has 1 amide bonds. The molecular formula is C22H21NO4. The largest absolute Gasteiger partial charge is 0.462 e. The van der Waals surface area contributed by atoms with Gasteiger partial charge in [-0.1, -0.05) is 17.7 Å². The van der Waals surface area contributed by atoms with E-state index in [-0.39, 0.29) is 41.7 Å². The Kier molecular flexibility index (Phi) is 3.71. The Balaban J connectivity index is 1.25. The Morgan fingerprint density at radius 3 is 2.41 bits per heavy atom. The molecule has 0 unspecified atom stereocenters. The molecule has 2 aromatic carbocycles. The predicted octanol–water partition coefficient (Wildman–Crippen LogP) is 3.92. The van der Waals surface area contributed by atoms with Crippen LogP contribution in [0.4, 0.5) is 5.69 Å². The molecule has 5 atom stereocenters. The summed E-state index contributed by atoms with van der Waals surface area (Å²) in [6.45, 7) is 2.03. The van der Waals surface area contributed by atoms with Gasteiger partial charge in [-0.3, -0.25) is 9.59 Å². The third-order valence-corrected chi connectivity index (χ3v) is 6.16. The minimum atomic E-state index is -0.260. The number of hydrogen-bond donors (Lipinski definition) is 1. The van der Waals surface area contributed by atoms with Crippen LogP contribution in [-0.2, 0) is 14.3 Å². The zero-order chi connectivity index (χ0) is 18.5. The molecule has 0 radical (unpaired) electrons. The highest BCUT2D eigenvalue weighted by Gasteiger charge is 2.63. The van der Waals surface area contributed by atoms with E-state index in [1.165, 1.54) is 5.56 Å². The molecule has 2 aromatic rings. The van der Waals surface area contributed by atoms with Gasteiger partial charge in [-0.05, 0) is 62.1 Å². The number of amides is 1. The normalized spacial score (nSPS) is 30.3. The molecule has 2 bridgehead atoms. The van der Waals surface area contributed by atoms with Gasteiger partial charge in [-0.15, -0.1) is 0 Å². The summed E-state index contributed by atoms with van der Waals surface area (Å²) < 4.78 is 11.2. The second kappa shape index (κ2) is 6.12. The van der Waals surface area contributed by atoms with Crippen LogP contribution in [0.5, 0.6) is 11.5 Å². The number of nitrogens with one attached hydrogen (secondary N) is 1. The smallest absolute Gasteiger partial charge is 0.310 e. The van der Waals surface area contributed by atoms with Crippen molar-refractivity contribution in [3.05, 3.63) is 54.1 Å². The minimum absolute atomic E-state index is 0.0507. The first-order chi connectivity index (χ1) is 13.1. The molecule has 0 spiro atoms. The van der Waals surface area contributed by atoms with Crippen LogP contribution in [0.1, 0.15) is 18.4 Å². The second-order valence-corrected chi connectivity index (χ2v) is 7.85. The summed E-state index contributed by atoms with van der Waals surface area (Å²) in [5.41, 5.74) is 1.89. The number of hydrogen-bond acceptors (Lipinski definition) is 4. The average molecular weight is 363 g/mol. The molecule has 5 nitrogen and oxygen atoms in total. The summed E-state index contributed by atoms with van der Waals surface area (Å²) in [5, 5.41) is 2.97. The van der Waals surface area contributed by atoms with Gasteiger partial charge in [-0.2, -0.15) is 0 Å². The number of fused-ring (bicyclic) bond motifs is 1.